The van der Waals surface area contributed by atoms with Crippen molar-refractivity contribution < 1.29 is 17.9 Å². The highest BCUT2D eigenvalue weighted by Crippen LogP contribution is 2.30. The summed E-state index contributed by atoms with van der Waals surface area (Å²) in [6.07, 6.45) is -0.114. The van der Waals surface area contributed by atoms with E-state index >= 15 is 0 Å². The first-order valence-corrected chi connectivity index (χ1v) is 8.03. The van der Waals surface area contributed by atoms with Crippen molar-refractivity contribution in [2.45, 2.75) is 17.9 Å². The van der Waals surface area contributed by atoms with Gasteiger partial charge in [0.25, 0.3) is 0 Å². The zero-order valence-electron chi connectivity index (χ0n) is 11.5. The molecule has 0 radical (unpaired) electrons. The van der Waals surface area contributed by atoms with Crippen LogP contribution in [0.3, 0.4) is 0 Å². The van der Waals surface area contributed by atoms with E-state index in [9.17, 15) is 8.42 Å². The molecule has 0 aliphatic heterocycles. The van der Waals surface area contributed by atoms with Crippen LogP contribution in [0.25, 0.3) is 10.9 Å². The number of benzene rings is 1. The average molecular weight is 331 g/mol. The summed E-state index contributed by atoms with van der Waals surface area (Å²) in [7, 11) is -2.28. The summed E-state index contributed by atoms with van der Waals surface area (Å²) >= 11 is 5.88. The molecule has 0 aliphatic rings. The number of primary sulfonamides is 1. The zero-order valence-corrected chi connectivity index (χ0v) is 13.1. The highest BCUT2D eigenvalue weighted by atomic mass is 35.5. The van der Waals surface area contributed by atoms with Crippen molar-refractivity contribution in [2.75, 3.05) is 13.7 Å². The monoisotopic (exact) mass is 330 g/mol. The third-order valence-corrected chi connectivity index (χ3v) is 4.11. The van der Waals surface area contributed by atoms with Crippen LogP contribution in [0, 0.1) is 0 Å². The Hall–Kier alpha value is -1.41. The molecule has 0 aliphatic carbocycles. The summed E-state index contributed by atoms with van der Waals surface area (Å²) in [5.41, 5.74) is 0.345. The zero-order chi connectivity index (χ0) is 15.6. The van der Waals surface area contributed by atoms with E-state index in [4.69, 9.17) is 26.2 Å². The fraction of sp³-hybridized carbons (Fsp3) is 0.308. The third kappa shape index (κ3) is 3.62. The van der Waals surface area contributed by atoms with Gasteiger partial charge in [0.1, 0.15) is 23.0 Å². The number of aromatic nitrogens is 1. The van der Waals surface area contributed by atoms with Gasteiger partial charge in [0.2, 0.25) is 10.0 Å². The molecule has 0 fully saturated rings. The first kappa shape index (κ1) is 16.0. The number of fused-ring (bicyclic) bond motifs is 1. The van der Waals surface area contributed by atoms with E-state index in [1.165, 1.54) is 18.2 Å². The lowest BCUT2D eigenvalue weighted by Gasteiger charge is -2.14. The maximum atomic E-state index is 11.6. The maximum Gasteiger partial charge on any atom is 0.238 e. The molecule has 8 heteroatoms. The minimum absolute atomic E-state index is 0.0196. The Labute approximate surface area is 127 Å². The van der Waals surface area contributed by atoms with Gasteiger partial charge in [-0.1, -0.05) is 11.6 Å². The van der Waals surface area contributed by atoms with Crippen LogP contribution < -0.4 is 9.88 Å². The van der Waals surface area contributed by atoms with Crippen LogP contribution in [0.15, 0.2) is 29.2 Å². The summed E-state index contributed by atoms with van der Waals surface area (Å²) in [6.45, 7) is 2.15. The summed E-state index contributed by atoms with van der Waals surface area (Å²) in [6, 6.07) is 5.95. The lowest BCUT2D eigenvalue weighted by Crippen LogP contribution is -2.17. The van der Waals surface area contributed by atoms with Gasteiger partial charge >= 0.3 is 0 Å². The fourth-order valence-corrected chi connectivity index (χ4v) is 2.66. The van der Waals surface area contributed by atoms with Crippen molar-refractivity contribution in [1.82, 2.24) is 4.98 Å². The van der Waals surface area contributed by atoms with Crippen LogP contribution in [0.1, 0.15) is 6.92 Å². The highest BCUT2D eigenvalue weighted by Gasteiger charge is 2.17. The molecule has 0 bridgehead atoms. The second-order valence-corrected chi connectivity index (χ2v) is 6.41. The number of nitrogens with zero attached hydrogens (tertiary/aromatic N) is 1. The molecule has 2 N–H and O–H groups in total. The van der Waals surface area contributed by atoms with Gasteiger partial charge in [0.05, 0.1) is 11.0 Å². The molecule has 6 nitrogen and oxygen atoms in total. The fourth-order valence-electron chi connectivity index (χ4n) is 1.78. The standard InChI is InChI=1S/C13H15ClN2O4S/c1-8(19-2)7-20-10-4-5-11(21(15,17)18)9-3-6-12(14)16-13(9)10/h3-6,8H,7H2,1-2H3,(H2,15,17,18). The van der Waals surface area contributed by atoms with Gasteiger partial charge in [0, 0.05) is 12.5 Å². The third-order valence-electron chi connectivity index (χ3n) is 2.93. The SMILES string of the molecule is COC(C)COc1ccc(S(N)(=O)=O)c2ccc(Cl)nc12. The Morgan fingerprint density at radius 1 is 1.33 bits per heavy atom. The van der Waals surface area contributed by atoms with E-state index in [1.807, 2.05) is 6.92 Å². The molecule has 0 spiro atoms. The van der Waals surface area contributed by atoms with Gasteiger partial charge in [-0.2, -0.15) is 0 Å². The lowest BCUT2D eigenvalue weighted by atomic mass is 10.2. The van der Waals surface area contributed by atoms with Crippen molar-refractivity contribution in [3.63, 3.8) is 0 Å². The van der Waals surface area contributed by atoms with Gasteiger partial charge < -0.3 is 9.47 Å². The number of ether oxygens (including phenoxy) is 2. The number of nitrogens with two attached hydrogens (primary N) is 1. The molecule has 0 amide bonds. The van der Waals surface area contributed by atoms with Crippen LogP contribution >= 0.6 is 11.6 Å². The molecule has 1 unspecified atom stereocenters. The van der Waals surface area contributed by atoms with E-state index in [0.717, 1.165) is 0 Å². The summed E-state index contributed by atoms with van der Waals surface area (Å²) < 4.78 is 33.9. The summed E-state index contributed by atoms with van der Waals surface area (Å²) in [5, 5.41) is 5.81. The first-order valence-electron chi connectivity index (χ1n) is 6.10. The van der Waals surface area contributed by atoms with Crippen LogP contribution in [0.5, 0.6) is 5.75 Å². The van der Waals surface area contributed by atoms with Crippen molar-refractivity contribution in [3.05, 3.63) is 29.4 Å². The quantitative estimate of drug-likeness (QED) is 0.846. The van der Waals surface area contributed by atoms with E-state index in [0.29, 0.717) is 23.3 Å². The topological polar surface area (TPSA) is 91.5 Å². The summed E-state index contributed by atoms with van der Waals surface area (Å²) in [5.74, 6) is 0.420. The molecule has 0 saturated carbocycles. The second-order valence-electron chi connectivity index (χ2n) is 4.49. The van der Waals surface area contributed by atoms with E-state index in [1.54, 1.807) is 13.2 Å². The Morgan fingerprint density at radius 3 is 2.67 bits per heavy atom. The first-order chi connectivity index (χ1) is 9.82. The minimum Gasteiger partial charge on any atom is -0.489 e. The summed E-state index contributed by atoms with van der Waals surface area (Å²) in [4.78, 5) is 4.11. The molecule has 1 atom stereocenters. The van der Waals surface area contributed by atoms with Crippen LogP contribution in [-0.2, 0) is 14.8 Å². The normalized spacial score (nSPS) is 13.3. The van der Waals surface area contributed by atoms with Crippen molar-refractivity contribution in [2.24, 2.45) is 5.14 Å². The number of hydrogen-bond acceptors (Lipinski definition) is 5. The number of halogens is 1. The van der Waals surface area contributed by atoms with Gasteiger partial charge in [0.15, 0.2) is 0 Å². The van der Waals surface area contributed by atoms with E-state index < -0.39 is 10.0 Å². The highest BCUT2D eigenvalue weighted by molar-refractivity contribution is 7.89. The molecule has 2 aromatic rings. The number of sulfonamides is 1. The van der Waals surface area contributed by atoms with Crippen LogP contribution in [-0.4, -0.2) is 33.2 Å². The Kier molecular flexibility index (Phi) is 4.67. The van der Waals surface area contributed by atoms with E-state index in [-0.39, 0.29) is 16.2 Å². The van der Waals surface area contributed by atoms with Gasteiger partial charge in [-0.15, -0.1) is 0 Å². The lowest BCUT2D eigenvalue weighted by molar-refractivity contribution is 0.0721. The molecule has 1 heterocycles. The van der Waals surface area contributed by atoms with Gasteiger partial charge in [-0.05, 0) is 31.2 Å². The number of pyridine rings is 1. The molecule has 0 saturated heterocycles. The molecule has 114 valence electrons. The van der Waals surface area contributed by atoms with Gasteiger partial charge in [-0.3, -0.25) is 0 Å². The Bertz CT molecular complexity index is 764. The molecular formula is C13H15ClN2O4S. The van der Waals surface area contributed by atoms with Gasteiger partial charge in [-0.25, -0.2) is 18.5 Å². The van der Waals surface area contributed by atoms with Crippen LogP contribution in [0.4, 0.5) is 0 Å². The number of methoxy groups -OCH3 is 1. The van der Waals surface area contributed by atoms with E-state index in [2.05, 4.69) is 4.98 Å². The largest absolute Gasteiger partial charge is 0.489 e. The predicted molar refractivity (Wildman–Crippen MR) is 80.1 cm³/mol. The molecular weight excluding hydrogens is 316 g/mol. The van der Waals surface area contributed by atoms with Crippen LogP contribution in [0.2, 0.25) is 5.15 Å². The predicted octanol–water partition coefficient (Wildman–Crippen LogP) is 1.95. The smallest absolute Gasteiger partial charge is 0.238 e. The Morgan fingerprint density at radius 2 is 2.05 bits per heavy atom. The second kappa shape index (κ2) is 6.15. The van der Waals surface area contributed by atoms with Crippen molar-refractivity contribution in [1.29, 1.82) is 0 Å². The average Bonchev–Trinajstić information content (AvgIpc) is 2.42. The Balaban J connectivity index is 2.56. The molecule has 21 heavy (non-hydrogen) atoms. The molecule has 1 aromatic carbocycles. The molecule has 2 rings (SSSR count). The van der Waals surface area contributed by atoms with Crippen molar-refractivity contribution in [3.8, 4) is 5.75 Å². The number of hydrogen-bond donors (Lipinski definition) is 1. The number of rotatable bonds is 5. The molecule has 1 aromatic heterocycles. The minimum atomic E-state index is -3.86. The maximum absolute atomic E-state index is 11.6. The van der Waals surface area contributed by atoms with Crippen molar-refractivity contribution >= 4 is 32.5 Å².